The van der Waals surface area contributed by atoms with E-state index in [9.17, 15) is 0 Å². The fraction of sp³-hybridized carbons (Fsp3) is 0.286. The van der Waals surface area contributed by atoms with Crippen LogP contribution in [-0.2, 0) is 0 Å². The maximum absolute atomic E-state index is 2.68. The average molecular weight is 414 g/mol. The lowest BCUT2D eigenvalue weighted by molar-refractivity contribution is 0.324. The van der Waals surface area contributed by atoms with E-state index in [2.05, 4.69) is 121 Å². The summed E-state index contributed by atoms with van der Waals surface area (Å²) >= 11 is 0. The van der Waals surface area contributed by atoms with Crippen LogP contribution in [0.15, 0.2) is 109 Å². The molecule has 0 spiro atoms. The van der Waals surface area contributed by atoms with E-state index in [-0.39, 0.29) is 0 Å². The third-order valence-electron chi connectivity index (χ3n) is 6.13. The molecule has 1 nitrogen and oxygen atoms in total. The molecule has 2 aromatic rings. The molecule has 30 heavy (non-hydrogen) atoms. The number of unbranched alkanes of at least 4 members (excludes halogenated alkanes) is 1. The van der Waals surface area contributed by atoms with Crippen molar-refractivity contribution in [2.75, 3.05) is 7.05 Å². The summed E-state index contributed by atoms with van der Waals surface area (Å²) in [4.78, 5) is 0. The lowest BCUT2D eigenvalue weighted by atomic mass is 9.94. The van der Waals surface area contributed by atoms with E-state index < -0.39 is 8.07 Å². The van der Waals surface area contributed by atoms with Gasteiger partial charge in [0.2, 0.25) is 0 Å². The summed E-state index contributed by atoms with van der Waals surface area (Å²) in [5, 5.41) is 2.86. The van der Waals surface area contributed by atoms with Gasteiger partial charge in [0, 0.05) is 20.0 Å². The molecule has 0 N–H and O–H groups in total. The molecule has 0 saturated heterocycles. The van der Waals surface area contributed by atoms with Crippen LogP contribution in [0.5, 0.6) is 0 Å². The molecule has 4 rings (SSSR count). The molecule has 2 aliphatic carbocycles. The zero-order chi connectivity index (χ0) is 20.6. The van der Waals surface area contributed by atoms with Crippen molar-refractivity contribution in [3.8, 4) is 0 Å². The lowest BCUT2D eigenvalue weighted by Gasteiger charge is -2.38. The molecule has 1 atom stereocenters. The smallest absolute Gasteiger partial charge is 0.0281 e. The Balaban J connectivity index is 1.52. The predicted octanol–water partition coefficient (Wildman–Crippen LogP) is 6.38. The second-order valence-corrected chi connectivity index (χ2v) is 10.5. The quantitative estimate of drug-likeness (QED) is 0.323. The molecule has 2 aromatic carbocycles. The Labute approximate surface area is 183 Å². The van der Waals surface area contributed by atoms with Gasteiger partial charge < -0.3 is 0 Å². The second-order valence-electron chi connectivity index (χ2n) is 8.19. The van der Waals surface area contributed by atoms with Gasteiger partial charge in [0.15, 0.2) is 0 Å². The first-order valence-corrected chi connectivity index (χ1v) is 12.5. The van der Waals surface area contributed by atoms with Gasteiger partial charge in [-0.3, -0.25) is 4.67 Å². The van der Waals surface area contributed by atoms with E-state index in [1.807, 2.05) is 0 Å². The largest absolute Gasteiger partial charge is 0.274 e. The highest BCUT2D eigenvalue weighted by atomic mass is 31.1. The molecule has 0 saturated carbocycles. The van der Waals surface area contributed by atoms with Crippen molar-refractivity contribution in [1.29, 1.82) is 0 Å². The standard InChI is InChI=1S/C28H32NP/c1-29(30(26-19-4-2-5-20-26)27-21-6-3-7-22-27)28(25-17-11-12-18-25)23-13-10-16-24-14-8-9-15-24/h2-9,11-12,14-15,17-22,24-25,28H,10,13,16,23H2,1H3/t28-/m1/s1. The van der Waals surface area contributed by atoms with Crippen molar-refractivity contribution in [3.63, 3.8) is 0 Å². The maximum Gasteiger partial charge on any atom is 0.0281 e. The number of benzene rings is 2. The van der Waals surface area contributed by atoms with Crippen molar-refractivity contribution < 1.29 is 0 Å². The van der Waals surface area contributed by atoms with Gasteiger partial charge in [0.1, 0.15) is 0 Å². The molecule has 0 amide bonds. The van der Waals surface area contributed by atoms with Gasteiger partial charge in [-0.15, -0.1) is 0 Å². The Morgan fingerprint density at radius 2 is 1.27 bits per heavy atom. The Bertz CT molecular complexity index is 833. The van der Waals surface area contributed by atoms with E-state index in [4.69, 9.17) is 0 Å². The van der Waals surface area contributed by atoms with Gasteiger partial charge in [-0.25, -0.2) is 0 Å². The maximum atomic E-state index is 2.68. The van der Waals surface area contributed by atoms with Gasteiger partial charge in [-0.2, -0.15) is 0 Å². The molecular weight excluding hydrogens is 381 g/mol. The predicted molar refractivity (Wildman–Crippen MR) is 133 cm³/mol. The molecule has 0 fully saturated rings. The first kappa shape index (κ1) is 21.0. The minimum atomic E-state index is -0.554. The van der Waals surface area contributed by atoms with Crippen LogP contribution in [0.4, 0.5) is 0 Å². The van der Waals surface area contributed by atoms with Crippen LogP contribution >= 0.6 is 8.07 Å². The van der Waals surface area contributed by atoms with Gasteiger partial charge in [-0.05, 0) is 36.4 Å². The highest BCUT2D eigenvalue weighted by Gasteiger charge is 2.29. The molecule has 0 heterocycles. The van der Waals surface area contributed by atoms with E-state index >= 15 is 0 Å². The molecular formula is C28H32NP. The molecule has 0 bridgehead atoms. The van der Waals surface area contributed by atoms with Crippen molar-refractivity contribution in [2.45, 2.75) is 31.7 Å². The first-order valence-electron chi connectivity index (χ1n) is 11.2. The number of allylic oxidation sites excluding steroid dienone is 6. The van der Waals surface area contributed by atoms with Crippen LogP contribution in [0, 0.1) is 11.8 Å². The Morgan fingerprint density at radius 1 is 0.733 bits per heavy atom. The lowest BCUT2D eigenvalue weighted by Crippen LogP contribution is -2.37. The van der Waals surface area contributed by atoms with Crippen LogP contribution in [0.1, 0.15) is 25.7 Å². The Hall–Kier alpha value is -2.21. The van der Waals surface area contributed by atoms with Crippen LogP contribution < -0.4 is 10.6 Å². The summed E-state index contributed by atoms with van der Waals surface area (Å²) in [6.45, 7) is 0. The Kier molecular flexibility index (Phi) is 7.51. The average Bonchev–Trinajstić information content (AvgIpc) is 3.50. The topological polar surface area (TPSA) is 3.24 Å². The van der Waals surface area contributed by atoms with E-state index in [1.165, 1.54) is 36.3 Å². The fourth-order valence-corrected chi connectivity index (χ4v) is 7.04. The van der Waals surface area contributed by atoms with Crippen LogP contribution in [0.25, 0.3) is 0 Å². The highest BCUT2D eigenvalue weighted by Crippen LogP contribution is 2.42. The summed E-state index contributed by atoms with van der Waals surface area (Å²) in [6, 6.07) is 22.6. The molecule has 0 unspecified atom stereocenters. The summed E-state index contributed by atoms with van der Waals surface area (Å²) in [5.41, 5.74) is 0. The Morgan fingerprint density at radius 3 is 1.83 bits per heavy atom. The molecule has 0 aliphatic heterocycles. The van der Waals surface area contributed by atoms with Gasteiger partial charge in [0.25, 0.3) is 0 Å². The molecule has 154 valence electrons. The number of nitrogens with zero attached hydrogens (tertiary/aromatic N) is 1. The summed E-state index contributed by atoms with van der Waals surface area (Å²) in [5.74, 6) is 1.15. The van der Waals surface area contributed by atoms with Gasteiger partial charge in [-0.1, -0.05) is 122 Å². The van der Waals surface area contributed by atoms with Crippen LogP contribution in [-0.4, -0.2) is 17.8 Å². The van der Waals surface area contributed by atoms with E-state index in [1.54, 1.807) is 0 Å². The summed E-state index contributed by atoms with van der Waals surface area (Å²) in [6.07, 6.45) is 23.3. The number of hydrogen-bond acceptors (Lipinski definition) is 1. The van der Waals surface area contributed by atoms with Crippen molar-refractivity contribution in [1.82, 2.24) is 4.67 Å². The molecule has 2 heteroatoms. The van der Waals surface area contributed by atoms with Gasteiger partial charge in [0.05, 0.1) is 0 Å². The van der Waals surface area contributed by atoms with Crippen molar-refractivity contribution in [3.05, 3.63) is 109 Å². The molecule has 2 aliphatic rings. The number of hydrogen-bond donors (Lipinski definition) is 0. The van der Waals surface area contributed by atoms with Crippen LogP contribution in [0.3, 0.4) is 0 Å². The number of rotatable bonds is 10. The normalized spacial score (nSPS) is 17.0. The zero-order valence-electron chi connectivity index (χ0n) is 17.8. The van der Waals surface area contributed by atoms with Crippen LogP contribution in [0.2, 0.25) is 0 Å². The molecule has 0 aromatic heterocycles. The fourth-order valence-electron chi connectivity index (χ4n) is 4.54. The van der Waals surface area contributed by atoms with E-state index in [0.717, 1.165) is 0 Å². The van der Waals surface area contributed by atoms with E-state index in [0.29, 0.717) is 17.9 Å². The third-order valence-corrected chi connectivity index (χ3v) is 8.64. The first-order chi connectivity index (χ1) is 14.8. The minimum Gasteiger partial charge on any atom is -0.274 e. The zero-order valence-corrected chi connectivity index (χ0v) is 18.7. The van der Waals surface area contributed by atoms with Crippen molar-refractivity contribution in [2.24, 2.45) is 11.8 Å². The summed E-state index contributed by atoms with van der Waals surface area (Å²) < 4.78 is 2.68. The molecule has 0 radical (unpaired) electrons. The van der Waals surface area contributed by atoms with Crippen molar-refractivity contribution >= 4 is 18.7 Å². The second kappa shape index (κ2) is 10.7. The highest BCUT2D eigenvalue weighted by molar-refractivity contribution is 7.70. The third kappa shape index (κ3) is 5.28. The summed E-state index contributed by atoms with van der Waals surface area (Å²) in [7, 11) is 1.79. The SMILES string of the molecule is CN([C@H](CCCCC1C=CC=C1)C1C=CC=C1)P(c1ccccc1)c1ccccc1. The minimum absolute atomic E-state index is 0.499. The van der Waals surface area contributed by atoms with Gasteiger partial charge >= 0.3 is 0 Å². The monoisotopic (exact) mass is 413 g/mol.